The number of nitrogens with zero attached hydrogens (tertiary/aromatic N) is 4. The van der Waals surface area contributed by atoms with Crippen molar-refractivity contribution in [3.8, 4) is 22.8 Å². The Bertz CT molecular complexity index is 1170. The Morgan fingerprint density at radius 3 is 2.57 bits per heavy atom. The van der Waals surface area contributed by atoms with E-state index in [1.165, 1.54) is 29.7 Å². The van der Waals surface area contributed by atoms with Gasteiger partial charge in [0.15, 0.2) is 5.13 Å². The average molecular weight is 429 g/mol. The van der Waals surface area contributed by atoms with Crippen LogP contribution in [0.1, 0.15) is 15.2 Å². The maximum atomic E-state index is 12.8. The molecule has 0 saturated carbocycles. The standard InChI is InChI=1S/C20H17F2N5O2S/c1-12-16(13-5-7-14(8-6-13)29-19(21)22)24-20(30-12)25-17(28)15-11-23-26(2)18(15)27-9-3-4-10-27/h3-11,19H,1-2H3,(H,24,25,28). The number of carbonyl (C=O) groups excluding carboxylic acids is 1. The number of thiazole rings is 1. The van der Waals surface area contributed by atoms with Gasteiger partial charge in [0.1, 0.15) is 17.1 Å². The molecule has 1 N–H and O–H groups in total. The molecular weight excluding hydrogens is 412 g/mol. The average Bonchev–Trinajstić information content (AvgIpc) is 3.42. The minimum absolute atomic E-state index is 0.0734. The molecule has 3 heterocycles. The van der Waals surface area contributed by atoms with Gasteiger partial charge in [-0.3, -0.25) is 14.8 Å². The normalized spacial score (nSPS) is 11.1. The maximum absolute atomic E-state index is 12.8. The van der Waals surface area contributed by atoms with Gasteiger partial charge in [-0.15, -0.1) is 11.3 Å². The highest BCUT2D eigenvalue weighted by Gasteiger charge is 2.19. The number of anilines is 1. The molecule has 0 bridgehead atoms. The van der Waals surface area contributed by atoms with E-state index in [0.29, 0.717) is 22.2 Å². The van der Waals surface area contributed by atoms with Crippen molar-refractivity contribution in [2.24, 2.45) is 7.05 Å². The topological polar surface area (TPSA) is 74.0 Å². The lowest BCUT2D eigenvalue weighted by atomic mass is 10.1. The van der Waals surface area contributed by atoms with Gasteiger partial charge in [-0.1, -0.05) is 0 Å². The van der Waals surface area contributed by atoms with Crippen molar-refractivity contribution in [2.45, 2.75) is 13.5 Å². The van der Waals surface area contributed by atoms with Crippen LogP contribution in [0.5, 0.6) is 5.75 Å². The molecular formula is C20H17F2N5O2S. The lowest BCUT2D eigenvalue weighted by Gasteiger charge is -2.07. The second-order valence-electron chi connectivity index (χ2n) is 6.38. The first-order chi connectivity index (χ1) is 14.4. The summed E-state index contributed by atoms with van der Waals surface area (Å²) in [6.07, 6.45) is 5.18. The van der Waals surface area contributed by atoms with E-state index in [1.807, 2.05) is 36.0 Å². The molecule has 0 atom stereocenters. The summed E-state index contributed by atoms with van der Waals surface area (Å²) in [6.45, 7) is -0.996. The third-order valence-electron chi connectivity index (χ3n) is 4.37. The minimum Gasteiger partial charge on any atom is -0.435 e. The van der Waals surface area contributed by atoms with Crippen molar-refractivity contribution in [3.05, 3.63) is 65.4 Å². The number of rotatable bonds is 6. The lowest BCUT2D eigenvalue weighted by Crippen LogP contribution is -2.14. The number of hydrogen-bond acceptors (Lipinski definition) is 5. The molecule has 0 aliphatic rings. The summed E-state index contributed by atoms with van der Waals surface area (Å²) in [5.41, 5.74) is 1.81. The van der Waals surface area contributed by atoms with Crippen LogP contribution in [0.15, 0.2) is 55.0 Å². The van der Waals surface area contributed by atoms with Crippen molar-refractivity contribution in [3.63, 3.8) is 0 Å². The van der Waals surface area contributed by atoms with Gasteiger partial charge in [0.2, 0.25) is 0 Å². The zero-order valence-electron chi connectivity index (χ0n) is 16.0. The van der Waals surface area contributed by atoms with Gasteiger partial charge < -0.3 is 9.30 Å². The Balaban J connectivity index is 1.55. The number of alkyl halides is 2. The van der Waals surface area contributed by atoms with Gasteiger partial charge in [-0.25, -0.2) is 4.98 Å². The van der Waals surface area contributed by atoms with Crippen molar-refractivity contribution < 1.29 is 18.3 Å². The number of halogens is 2. The Hall–Kier alpha value is -3.53. The van der Waals surface area contributed by atoms with Crippen molar-refractivity contribution in [2.75, 3.05) is 5.32 Å². The van der Waals surface area contributed by atoms with Gasteiger partial charge in [-0.05, 0) is 43.3 Å². The fraction of sp³-hybridized carbons (Fsp3) is 0.150. The van der Waals surface area contributed by atoms with Crippen LogP contribution in [0.3, 0.4) is 0 Å². The van der Waals surface area contributed by atoms with Crippen LogP contribution in [-0.4, -0.2) is 31.9 Å². The number of hydrogen-bond donors (Lipinski definition) is 1. The molecule has 0 fully saturated rings. The van der Waals surface area contributed by atoms with Crippen LogP contribution in [0, 0.1) is 6.92 Å². The molecule has 4 aromatic rings. The number of aromatic nitrogens is 4. The lowest BCUT2D eigenvalue weighted by molar-refractivity contribution is -0.0498. The number of benzene rings is 1. The first kappa shape index (κ1) is 19.8. The Kier molecular flexibility index (Phi) is 5.32. The van der Waals surface area contributed by atoms with E-state index in [-0.39, 0.29) is 11.7 Å². The summed E-state index contributed by atoms with van der Waals surface area (Å²) in [7, 11) is 1.76. The van der Waals surface area contributed by atoms with Crippen LogP contribution in [0.25, 0.3) is 17.1 Å². The fourth-order valence-corrected chi connectivity index (χ4v) is 3.88. The maximum Gasteiger partial charge on any atom is 0.387 e. The molecule has 0 aliphatic carbocycles. The van der Waals surface area contributed by atoms with Crippen molar-refractivity contribution in [1.29, 1.82) is 0 Å². The number of nitrogens with one attached hydrogen (secondary N) is 1. The Morgan fingerprint density at radius 1 is 1.20 bits per heavy atom. The molecule has 0 spiro atoms. The first-order valence-electron chi connectivity index (χ1n) is 8.91. The van der Waals surface area contributed by atoms with E-state index in [2.05, 4.69) is 20.1 Å². The van der Waals surface area contributed by atoms with Gasteiger partial charge in [0.25, 0.3) is 5.91 Å². The Morgan fingerprint density at radius 2 is 1.90 bits per heavy atom. The van der Waals surface area contributed by atoms with Crippen LogP contribution in [-0.2, 0) is 7.05 Å². The Labute approximate surface area is 174 Å². The van der Waals surface area contributed by atoms with E-state index >= 15 is 0 Å². The third-order valence-corrected chi connectivity index (χ3v) is 5.26. The molecule has 1 aromatic carbocycles. The van der Waals surface area contributed by atoms with Gasteiger partial charge in [0.05, 0.1) is 11.9 Å². The highest BCUT2D eigenvalue weighted by Crippen LogP contribution is 2.32. The quantitative estimate of drug-likeness (QED) is 0.490. The third kappa shape index (κ3) is 3.94. The van der Waals surface area contributed by atoms with Crippen molar-refractivity contribution in [1.82, 2.24) is 19.3 Å². The summed E-state index contributed by atoms with van der Waals surface area (Å²) in [5.74, 6) is 0.387. The molecule has 10 heteroatoms. The van der Waals surface area contributed by atoms with Gasteiger partial charge in [-0.2, -0.15) is 13.9 Å². The van der Waals surface area contributed by atoms with Crippen LogP contribution in [0.4, 0.5) is 13.9 Å². The van der Waals surface area contributed by atoms with E-state index < -0.39 is 6.61 Å². The van der Waals surface area contributed by atoms with E-state index in [4.69, 9.17) is 0 Å². The van der Waals surface area contributed by atoms with Crippen LogP contribution in [0.2, 0.25) is 0 Å². The predicted octanol–water partition coefficient (Wildman–Crippen LogP) is 4.50. The monoisotopic (exact) mass is 429 g/mol. The summed E-state index contributed by atoms with van der Waals surface area (Å²) in [5, 5.41) is 7.44. The second-order valence-corrected chi connectivity index (χ2v) is 7.58. The first-order valence-corrected chi connectivity index (χ1v) is 9.73. The SMILES string of the molecule is Cc1sc(NC(=O)c2cnn(C)c2-n2cccc2)nc1-c1ccc(OC(F)F)cc1. The summed E-state index contributed by atoms with van der Waals surface area (Å²) in [4.78, 5) is 18.2. The second kappa shape index (κ2) is 8.07. The molecule has 7 nitrogen and oxygen atoms in total. The minimum atomic E-state index is -2.87. The molecule has 0 radical (unpaired) electrons. The number of amides is 1. The highest BCUT2D eigenvalue weighted by atomic mass is 32.1. The molecule has 4 rings (SSSR count). The summed E-state index contributed by atoms with van der Waals surface area (Å²) >= 11 is 1.33. The zero-order valence-corrected chi connectivity index (χ0v) is 16.9. The predicted molar refractivity (Wildman–Crippen MR) is 109 cm³/mol. The smallest absolute Gasteiger partial charge is 0.387 e. The van der Waals surface area contributed by atoms with Crippen LogP contribution < -0.4 is 10.1 Å². The molecule has 0 aliphatic heterocycles. The molecule has 0 saturated heterocycles. The molecule has 1 amide bonds. The highest BCUT2D eigenvalue weighted by molar-refractivity contribution is 7.16. The van der Waals surface area contributed by atoms with Crippen molar-refractivity contribution >= 4 is 22.4 Å². The van der Waals surface area contributed by atoms with Gasteiger partial charge >= 0.3 is 6.61 Å². The molecule has 154 valence electrons. The molecule has 30 heavy (non-hydrogen) atoms. The molecule has 3 aromatic heterocycles. The summed E-state index contributed by atoms with van der Waals surface area (Å²) < 4.78 is 32.4. The molecule has 0 unspecified atom stereocenters. The number of aryl methyl sites for hydroxylation is 2. The summed E-state index contributed by atoms with van der Waals surface area (Å²) in [6, 6.07) is 9.94. The van der Waals surface area contributed by atoms with Crippen LogP contribution >= 0.6 is 11.3 Å². The van der Waals surface area contributed by atoms with E-state index in [0.717, 1.165) is 10.4 Å². The fourth-order valence-electron chi connectivity index (χ4n) is 3.05. The van der Waals surface area contributed by atoms with E-state index in [1.54, 1.807) is 23.9 Å². The number of ether oxygens (including phenoxy) is 1. The zero-order chi connectivity index (χ0) is 21.3. The largest absolute Gasteiger partial charge is 0.435 e. The van der Waals surface area contributed by atoms with Gasteiger partial charge in [0, 0.05) is 29.9 Å². The van der Waals surface area contributed by atoms with E-state index in [9.17, 15) is 13.6 Å². The number of carbonyl (C=O) groups is 1.